The van der Waals surface area contributed by atoms with Crippen LogP contribution >= 0.6 is 0 Å². The molecule has 11 rings (SSSR count). The summed E-state index contributed by atoms with van der Waals surface area (Å²) >= 11 is 0. The number of fused-ring (bicyclic) bond motifs is 9. The maximum absolute atomic E-state index is 5.50. The van der Waals surface area contributed by atoms with Gasteiger partial charge in [-0.25, -0.2) is 9.97 Å². The fraction of sp³-hybridized carbons (Fsp3) is 0. The zero-order valence-electron chi connectivity index (χ0n) is 29.3. The molecule has 10 aromatic rings. The molecule has 2 aromatic heterocycles. The second-order valence-electron chi connectivity index (χ2n) is 13.8. The number of aromatic nitrogens is 3. The fourth-order valence-corrected chi connectivity index (χ4v) is 8.38. The number of anilines is 3. The van der Waals surface area contributed by atoms with Gasteiger partial charge in [0.1, 0.15) is 0 Å². The minimum absolute atomic E-state index is 0.639. The minimum atomic E-state index is 0.639. The van der Waals surface area contributed by atoms with Crippen molar-refractivity contribution in [2.24, 2.45) is 0 Å². The lowest BCUT2D eigenvalue weighted by atomic mass is 9.96. The lowest BCUT2D eigenvalue weighted by molar-refractivity contribution is 0.991. The zero-order chi connectivity index (χ0) is 35.6. The van der Waals surface area contributed by atoms with Gasteiger partial charge in [-0.2, -0.15) is 0 Å². The number of hydrogen-bond acceptors (Lipinski definition) is 3. The average molecular weight is 689 g/mol. The molecule has 0 unspecified atom stereocenters. The first-order valence-corrected chi connectivity index (χ1v) is 18.3. The lowest BCUT2D eigenvalue weighted by Crippen LogP contribution is -2.11. The molecule has 3 heterocycles. The van der Waals surface area contributed by atoms with E-state index in [1.807, 2.05) is 0 Å². The molecule has 0 atom stereocenters. The highest BCUT2D eigenvalue weighted by atomic mass is 15.2. The second kappa shape index (κ2) is 12.1. The van der Waals surface area contributed by atoms with Crippen molar-refractivity contribution in [1.29, 1.82) is 0 Å². The summed E-state index contributed by atoms with van der Waals surface area (Å²) in [6, 6.07) is 69.0. The Morgan fingerprint density at radius 3 is 1.81 bits per heavy atom. The van der Waals surface area contributed by atoms with E-state index in [4.69, 9.17) is 9.97 Å². The third kappa shape index (κ3) is 4.64. The Morgan fingerprint density at radius 1 is 0.389 bits per heavy atom. The van der Waals surface area contributed by atoms with Gasteiger partial charge in [0.05, 0.1) is 33.8 Å². The first kappa shape index (κ1) is 30.3. The Morgan fingerprint density at radius 2 is 0.981 bits per heavy atom. The van der Waals surface area contributed by atoms with Crippen LogP contribution in [0, 0.1) is 0 Å². The normalized spacial score (nSPS) is 12.0. The molecule has 8 aromatic carbocycles. The second-order valence-corrected chi connectivity index (χ2v) is 13.8. The molecule has 0 bridgehead atoms. The maximum atomic E-state index is 5.50. The molecule has 0 saturated carbocycles. The van der Waals surface area contributed by atoms with Crippen LogP contribution < -0.4 is 4.90 Å². The Labute approximate surface area is 312 Å². The summed E-state index contributed by atoms with van der Waals surface area (Å²) in [6.07, 6.45) is 0. The largest absolute Gasteiger partial charge is 0.309 e. The van der Waals surface area contributed by atoms with Crippen LogP contribution in [-0.4, -0.2) is 14.5 Å². The van der Waals surface area contributed by atoms with Crippen LogP contribution in [0.15, 0.2) is 194 Å². The summed E-state index contributed by atoms with van der Waals surface area (Å²) in [5.74, 6) is 0.639. The number of para-hydroxylation sites is 5. The highest BCUT2D eigenvalue weighted by Crippen LogP contribution is 2.54. The van der Waals surface area contributed by atoms with Crippen LogP contribution in [0.5, 0.6) is 0 Å². The van der Waals surface area contributed by atoms with Crippen LogP contribution in [0.1, 0.15) is 0 Å². The summed E-state index contributed by atoms with van der Waals surface area (Å²) in [4.78, 5) is 13.2. The van der Waals surface area contributed by atoms with Crippen molar-refractivity contribution >= 4 is 49.6 Å². The summed E-state index contributed by atoms with van der Waals surface area (Å²) in [7, 11) is 0. The van der Waals surface area contributed by atoms with Gasteiger partial charge in [-0.15, -0.1) is 0 Å². The molecule has 1 aliphatic heterocycles. The first-order chi connectivity index (χ1) is 26.8. The smallest absolute Gasteiger partial charge is 0.235 e. The van der Waals surface area contributed by atoms with Gasteiger partial charge in [0, 0.05) is 38.7 Å². The van der Waals surface area contributed by atoms with Crippen molar-refractivity contribution in [2.75, 3.05) is 4.90 Å². The van der Waals surface area contributed by atoms with E-state index in [1.54, 1.807) is 0 Å². The minimum Gasteiger partial charge on any atom is -0.309 e. The van der Waals surface area contributed by atoms with Crippen LogP contribution in [0.2, 0.25) is 0 Å². The van der Waals surface area contributed by atoms with Gasteiger partial charge in [0.15, 0.2) is 0 Å². The molecule has 4 nitrogen and oxygen atoms in total. The number of benzene rings is 8. The van der Waals surface area contributed by atoms with E-state index in [0.717, 1.165) is 66.9 Å². The van der Waals surface area contributed by atoms with Crippen LogP contribution in [0.25, 0.3) is 83.3 Å². The van der Waals surface area contributed by atoms with Gasteiger partial charge in [-0.3, -0.25) is 4.57 Å². The van der Waals surface area contributed by atoms with Gasteiger partial charge >= 0.3 is 0 Å². The monoisotopic (exact) mass is 688 g/mol. The summed E-state index contributed by atoms with van der Waals surface area (Å²) in [6.45, 7) is 0. The zero-order valence-corrected chi connectivity index (χ0v) is 29.3. The molecule has 4 heteroatoms. The molecule has 54 heavy (non-hydrogen) atoms. The Kier molecular flexibility index (Phi) is 6.82. The van der Waals surface area contributed by atoms with Gasteiger partial charge in [-0.1, -0.05) is 158 Å². The van der Waals surface area contributed by atoms with E-state index < -0.39 is 0 Å². The van der Waals surface area contributed by atoms with E-state index in [2.05, 4.69) is 204 Å². The average Bonchev–Trinajstić information content (AvgIpc) is 3.52. The highest BCUT2D eigenvalue weighted by Gasteiger charge is 2.32. The molecule has 1 aliphatic rings. The topological polar surface area (TPSA) is 34.0 Å². The summed E-state index contributed by atoms with van der Waals surface area (Å²) in [5.41, 5.74) is 14.2. The third-order valence-corrected chi connectivity index (χ3v) is 10.8. The molecule has 0 aliphatic carbocycles. The van der Waals surface area contributed by atoms with Crippen LogP contribution in [-0.2, 0) is 0 Å². The maximum Gasteiger partial charge on any atom is 0.235 e. The standard InChI is InChI=1S/C50H32N4/c1-2-17-36(18-3-1)53-44-26-11-7-21-40(44)47-41-22-8-12-27-45(41)54(49(47)42-23-9-13-28-46(42)53)50-51-43-25-10-6-20-39(43)48(52-50)35-31-29-34(30-32-35)38-24-14-16-33-15-4-5-19-37(33)38/h1-32H. The Hall–Kier alpha value is -7.30. The van der Waals surface area contributed by atoms with Crippen molar-refractivity contribution < 1.29 is 0 Å². The van der Waals surface area contributed by atoms with Crippen molar-refractivity contribution in [2.45, 2.75) is 0 Å². The Bertz CT molecular complexity index is 3050. The molecule has 0 N–H and O–H groups in total. The fourth-order valence-electron chi connectivity index (χ4n) is 8.38. The number of hydrogen-bond donors (Lipinski definition) is 0. The summed E-state index contributed by atoms with van der Waals surface area (Å²) in [5, 5.41) is 4.65. The van der Waals surface area contributed by atoms with Crippen LogP contribution in [0.3, 0.4) is 0 Å². The lowest BCUT2D eigenvalue weighted by Gasteiger charge is -2.27. The SMILES string of the molecule is c1ccc(N2c3ccccc3-c3c(n(-c4nc(-c5ccc(-c6cccc7ccccc67)cc5)c5ccccc5n4)c4ccccc34)-c3ccccc32)cc1. The molecule has 0 spiro atoms. The predicted octanol–water partition coefficient (Wildman–Crippen LogP) is 13.2. The van der Waals surface area contributed by atoms with Gasteiger partial charge in [-0.05, 0) is 58.3 Å². The van der Waals surface area contributed by atoms with E-state index in [-0.39, 0.29) is 0 Å². The molecule has 0 saturated heterocycles. The van der Waals surface area contributed by atoms with Gasteiger partial charge in [0.25, 0.3) is 0 Å². The molecule has 0 amide bonds. The summed E-state index contributed by atoms with van der Waals surface area (Å²) < 4.78 is 2.29. The molecule has 252 valence electrons. The molecular formula is C50H32N4. The molecule has 0 radical (unpaired) electrons. The highest BCUT2D eigenvalue weighted by molar-refractivity contribution is 6.13. The predicted molar refractivity (Wildman–Crippen MR) is 224 cm³/mol. The number of rotatable bonds is 4. The van der Waals surface area contributed by atoms with Crippen molar-refractivity contribution in [3.63, 3.8) is 0 Å². The van der Waals surface area contributed by atoms with E-state index in [9.17, 15) is 0 Å². The third-order valence-electron chi connectivity index (χ3n) is 10.8. The van der Waals surface area contributed by atoms with Gasteiger partial charge in [0.2, 0.25) is 5.95 Å². The molecular weight excluding hydrogens is 657 g/mol. The van der Waals surface area contributed by atoms with E-state index in [0.29, 0.717) is 5.95 Å². The van der Waals surface area contributed by atoms with Crippen LogP contribution in [0.4, 0.5) is 17.1 Å². The van der Waals surface area contributed by atoms with Crippen molar-refractivity contribution in [3.05, 3.63) is 194 Å². The van der Waals surface area contributed by atoms with Crippen molar-refractivity contribution in [3.8, 4) is 50.7 Å². The number of nitrogens with zero attached hydrogens (tertiary/aromatic N) is 4. The van der Waals surface area contributed by atoms with Gasteiger partial charge < -0.3 is 4.90 Å². The van der Waals surface area contributed by atoms with E-state index in [1.165, 1.54) is 27.5 Å². The van der Waals surface area contributed by atoms with E-state index >= 15 is 0 Å². The first-order valence-electron chi connectivity index (χ1n) is 18.3. The Balaban J connectivity index is 1.17. The van der Waals surface area contributed by atoms with Crippen molar-refractivity contribution in [1.82, 2.24) is 14.5 Å². The molecule has 0 fully saturated rings. The quantitative estimate of drug-likeness (QED) is 0.185.